The maximum Gasteiger partial charge on any atom is 0.0314 e. The minimum Gasteiger partial charge on any atom is -0.0886 e. The highest BCUT2D eigenvalue weighted by molar-refractivity contribution is 9.10. The van der Waals surface area contributed by atoms with Gasteiger partial charge in [0, 0.05) is 14.3 Å². The topological polar surface area (TPSA) is 0 Å². The van der Waals surface area contributed by atoms with Crippen LogP contribution in [0.25, 0.3) is 0 Å². The second-order valence-electron chi connectivity index (χ2n) is 3.80. The lowest BCUT2D eigenvalue weighted by atomic mass is 10.2. The molecule has 0 spiro atoms. The third-order valence-electron chi connectivity index (χ3n) is 2.39. The quantitative estimate of drug-likeness (QED) is 0.731. The van der Waals surface area contributed by atoms with Crippen LogP contribution in [0.15, 0.2) is 56.7 Å². The van der Waals surface area contributed by atoms with Crippen molar-refractivity contribution in [3.8, 4) is 0 Å². The first-order valence-corrected chi connectivity index (χ1v) is 6.77. The summed E-state index contributed by atoms with van der Waals surface area (Å²) in [7, 11) is 0. The Labute approximate surface area is 109 Å². The zero-order chi connectivity index (χ0) is 11.5. The van der Waals surface area contributed by atoms with Crippen LogP contribution in [0, 0.1) is 13.8 Å². The molecule has 0 bridgehead atoms. The Morgan fingerprint density at radius 1 is 0.938 bits per heavy atom. The number of hydrogen-bond donors (Lipinski definition) is 0. The van der Waals surface area contributed by atoms with Gasteiger partial charge >= 0.3 is 0 Å². The van der Waals surface area contributed by atoms with Crippen molar-refractivity contribution < 1.29 is 0 Å². The zero-order valence-corrected chi connectivity index (χ0v) is 11.7. The van der Waals surface area contributed by atoms with Crippen LogP contribution in [0.5, 0.6) is 0 Å². The predicted octanol–water partition coefficient (Wildman–Crippen LogP) is 5.22. The number of benzene rings is 2. The Hall–Kier alpha value is -0.730. The van der Waals surface area contributed by atoms with E-state index in [-0.39, 0.29) is 0 Å². The minimum atomic E-state index is 1.15. The molecule has 0 unspecified atom stereocenters. The molecule has 0 saturated carbocycles. The summed E-state index contributed by atoms with van der Waals surface area (Å²) >= 11 is 5.37. The van der Waals surface area contributed by atoms with E-state index in [9.17, 15) is 0 Å². The number of hydrogen-bond acceptors (Lipinski definition) is 1. The number of rotatable bonds is 2. The van der Waals surface area contributed by atoms with Crippen LogP contribution in [0.2, 0.25) is 0 Å². The van der Waals surface area contributed by atoms with E-state index >= 15 is 0 Å². The van der Waals surface area contributed by atoms with Crippen molar-refractivity contribution in [1.82, 2.24) is 0 Å². The predicted molar refractivity (Wildman–Crippen MR) is 74.2 cm³/mol. The second-order valence-corrected chi connectivity index (χ2v) is 5.74. The summed E-state index contributed by atoms with van der Waals surface area (Å²) < 4.78 is 1.15. The van der Waals surface area contributed by atoms with E-state index in [1.165, 1.54) is 20.9 Å². The van der Waals surface area contributed by atoms with Gasteiger partial charge in [0.2, 0.25) is 0 Å². The summed E-state index contributed by atoms with van der Waals surface area (Å²) in [4.78, 5) is 2.58. The van der Waals surface area contributed by atoms with Gasteiger partial charge in [0.1, 0.15) is 0 Å². The SMILES string of the molecule is Cc1ccc(Sc2ccccc2Br)c(C)c1. The molecular weight excluding hydrogens is 280 g/mol. The van der Waals surface area contributed by atoms with E-state index in [2.05, 4.69) is 66.2 Å². The van der Waals surface area contributed by atoms with Crippen molar-refractivity contribution in [3.05, 3.63) is 58.1 Å². The minimum absolute atomic E-state index is 1.15. The highest BCUT2D eigenvalue weighted by atomic mass is 79.9. The van der Waals surface area contributed by atoms with E-state index < -0.39 is 0 Å². The monoisotopic (exact) mass is 292 g/mol. The summed E-state index contributed by atoms with van der Waals surface area (Å²) in [5.74, 6) is 0. The molecule has 0 N–H and O–H groups in total. The van der Waals surface area contributed by atoms with Gasteiger partial charge in [-0.3, -0.25) is 0 Å². The zero-order valence-electron chi connectivity index (χ0n) is 9.33. The van der Waals surface area contributed by atoms with E-state index in [0.29, 0.717) is 0 Å². The molecule has 0 aromatic heterocycles. The lowest BCUT2D eigenvalue weighted by Crippen LogP contribution is -1.82. The van der Waals surface area contributed by atoms with Gasteiger partial charge in [-0.15, -0.1) is 0 Å². The van der Waals surface area contributed by atoms with Gasteiger partial charge in [-0.25, -0.2) is 0 Å². The standard InChI is InChI=1S/C14H13BrS/c1-10-7-8-13(11(2)9-10)16-14-6-4-3-5-12(14)15/h3-9H,1-2H3. The highest BCUT2D eigenvalue weighted by Crippen LogP contribution is 2.35. The lowest BCUT2D eigenvalue weighted by molar-refractivity contribution is 1.25. The van der Waals surface area contributed by atoms with E-state index in [4.69, 9.17) is 0 Å². The fourth-order valence-corrected chi connectivity index (χ4v) is 2.99. The fraction of sp³-hybridized carbons (Fsp3) is 0.143. The molecule has 0 aliphatic rings. The van der Waals surface area contributed by atoms with E-state index in [0.717, 1.165) is 4.47 Å². The van der Waals surface area contributed by atoms with Gasteiger partial charge in [0.25, 0.3) is 0 Å². The van der Waals surface area contributed by atoms with Crippen LogP contribution in [0.1, 0.15) is 11.1 Å². The molecule has 2 heteroatoms. The Kier molecular flexibility index (Phi) is 3.72. The molecule has 0 fully saturated rings. The van der Waals surface area contributed by atoms with Gasteiger partial charge in [0.15, 0.2) is 0 Å². The highest BCUT2D eigenvalue weighted by Gasteiger charge is 2.03. The lowest BCUT2D eigenvalue weighted by Gasteiger charge is -2.07. The molecule has 0 aliphatic carbocycles. The van der Waals surface area contributed by atoms with Crippen molar-refractivity contribution in [2.45, 2.75) is 23.6 Å². The van der Waals surface area contributed by atoms with Crippen molar-refractivity contribution in [3.63, 3.8) is 0 Å². The average molecular weight is 293 g/mol. The van der Waals surface area contributed by atoms with Crippen molar-refractivity contribution in [2.75, 3.05) is 0 Å². The van der Waals surface area contributed by atoms with Crippen LogP contribution in [0.4, 0.5) is 0 Å². The first-order valence-electron chi connectivity index (χ1n) is 5.16. The molecule has 0 amide bonds. The molecular formula is C14H13BrS. The Morgan fingerprint density at radius 2 is 1.69 bits per heavy atom. The summed E-state index contributed by atoms with van der Waals surface area (Å²) in [6, 6.07) is 14.9. The Morgan fingerprint density at radius 3 is 2.38 bits per heavy atom. The van der Waals surface area contributed by atoms with Gasteiger partial charge in [-0.1, -0.05) is 41.6 Å². The molecule has 0 heterocycles. The maximum atomic E-state index is 3.57. The third kappa shape index (κ3) is 2.69. The van der Waals surface area contributed by atoms with Crippen LogP contribution >= 0.6 is 27.7 Å². The van der Waals surface area contributed by atoms with E-state index in [1.807, 2.05) is 6.07 Å². The summed E-state index contributed by atoms with van der Waals surface area (Å²) in [5.41, 5.74) is 2.65. The molecule has 2 rings (SSSR count). The van der Waals surface area contributed by atoms with Gasteiger partial charge in [-0.05, 0) is 53.5 Å². The third-order valence-corrected chi connectivity index (χ3v) is 4.59. The first-order chi connectivity index (χ1) is 7.66. The molecule has 2 aromatic carbocycles. The second kappa shape index (κ2) is 5.07. The summed E-state index contributed by atoms with van der Waals surface area (Å²) in [5, 5.41) is 0. The van der Waals surface area contributed by atoms with Crippen molar-refractivity contribution in [2.24, 2.45) is 0 Å². The molecule has 2 aromatic rings. The smallest absolute Gasteiger partial charge is 0.0314 e. The van der Waals surface area contributed by atoms with Crippen molar-refractivity contribution in [1.29, 1.82) is 0 Å². The molecule has 0 aliphatic heterocycles. The normalized spacial score (nSPS) is 10.4. The van der Waals surface area contributed by atoms with Crippen LogP contribution in [-0.2, 0) is 0 Å². The molecule has 0 saturated heterocycles. The van der Waals surface area contributed by atoms with Gasteiger partial charge in [-0.2, -0.15) is 0 Å². The molecule has 0 radical (unpaired) electrons. The fourth-order valence-electron chi connectivity index (χ4n) is 1.56. The van der Waals surface area contributed by atoms with Crippen molar-refractivity contribution >= 4 is 27.7 Å². The van der Waals surface area contributed by atoms with Crippen LogP contribution in [-0.4, -0.2) is 0 Å². The number of halogens is 1. The molecule has 0 atom stereocenters. The average Bonchev–Trinajstić information content (AvgIpc) is 2.25. The number of aryl methyl sites for hydroxylation is 2. The van der Waals surface area contributed by atoms with Crippen LogP contribution < -0.4 is 0 Å². The molecule has 0 nitrogen and oxygen atoms in total. The Bertz CT molecular complexity index is 506. The summed E-state index contributed by atoms with van der Waals surface area (Å²) in [6.07, 6.45) is 0. The largest absolute Gasteiger partial charge is 0.0886 e. The molecule has 16 heavy (non-hydrogen) atoms. The molecule has 82 valence electrons. The maximum absolute atomic E-state index is 3.57. The van der Waals surface area contributed by atoms with Gasteiger partial charge < -0.3 is 0 Å². The Balaban J connectivity index is 2.31. The van der Waals surface area contributed by atoms with E-state index in [1.54, 1.807) is 11.8 Å². The summed E-state index contributed by atoms with van der Waals surface area (Å²) in [6.45, 7) is 4.28. The van der Waals surface area contributed by atoms with Gasteiger partial charge in [0.05, 0.1) is 0 Å². The van der Waals surface area contributed by atoms with Crippen LogP contribution in [0.3, 0.4) is 0 Å². The first kappa shape index (κ1) is 11.7.